The van der Waals surface area contributed by atoms with E-state index in [-0.39, 0.29) is 0 Å². The van der Waals surface area contributed by atoms with E-state index in [4.69, 9.17) is 4.52 Å². The average Bonchev–Trinajstić information content (AvgIpc) is 1.85. The smallest absolute Gasteiger partial charge is 0.228 e. The van der Waals surface area contributed by atoms with E-state index >= 15 is 0 Å². The SMILES string of the molecule is Cc1cc(C)[n+](C)o1. The Labute approximate surface area is 48.7 Å². The minimum Gasteiger partial charge on any atom is -0.242 e. The van der Waals surface area contributed by atoms with E-state index in [1.54, 1.807) is 4.74 Å². The van der Waals surface area contributed by atoms with Gasteiger partial charge in [0, 0.05) is 13.8 Å². The predicted molar refractivity (Wildman–Crippen MR) is 29.4 cm³/mol. The fourth-order valence-electron chi connectivity index (χ4n) is 0.699. The molecule has 0 N–H and O–H groups in total. The minimum atomic E-state index is 0.963. The van der Waals surface area contributed by atoms with E-state index in [0.29, 0.717) is 0 Å². The van der Waals surface area contributed by atoms with Crippen molar-refractivity contribution in [2.24, 2.45) is 7.05 Å². The van der Waals surface area contributed by atoms with Gasteiger partial charge >= 0.3 is 0 Å². The largest absolute Gasteiger partial charge is 0.242 e. The summed E-state index contributed by atoms with van der Waals surface area (Å²) in [6, 6.07) is 2.00. The molecule has 2 nitrogen and oxygen atoms in total. The second kappa shape index (κ2) is 1.62. The highest BCUT2D eigenvalue weighted by molar-refractivity contribution is 4.95. The fourth-order valence-corrected chi connectivity index (χ4v) is 0.699. The number of nitrogens with zero attached hydrogens (tertiary/aromatic N) is 1. The Bertz CT molecular complexity index is 171. The van der Waals surface area contributed by atoms with Gasteiger partial charge in [-0.2, -0.15) is 0 Å². The van der Waals surface area contributed by atoms with Crippen LogP contribution in [0.25, 0.3) is 0 Å². The molecule has 1 aromatic heterocycles. The van der Waals surface area contributed by atoms with Gasteiger partial charge in [-0.05, 0) is 4.74 Å². The topological polar surface area (TPSA) is 17.0 Å². The lowest BCUT2D eigenvalue weighted by Crippen LogP contribution is -2.27. The van der Waals surface area contributed by atoms with Crippen LogP contribution in [0, 0.1) is 13.8 Å². The molecular formula is C6H10NO+. The van der Waals surface area contributed by atoms with Crippen LogP contribution >= 0.6 is 0 Å². The van der Waals surface area contributed by atoms with Crippen molar-refractivity contribution in [1.29, 1.82) is 0 Å². The molecular weight excluding hydrogens is 102 g/mol. The van der Waals surface area contributed by atoms with Gasteiger partial charge in [0.15, 0.2) is 12.8 Å². The molecule has 0 aliphatic heterocycles. The molecule has 44 valence electrons. The standard InChI is InChI=1S/C6H10NO/c1-5-4-6(2)8-7(5)3/h4H,1-3H3/q+1. The van der Waals surface area contributed by atoms with Crippen molar-refractivity contribution < 1.29 is 9.26 Å². The number of hydrogen-bond acceptors (Lipinski definition) is 1. The van der Waals surface area contributed by atoms with Crippen LogP contribution in [-0.2, 0) is 7.05 Å². The van der Waals surface area contributed by atoms with Crippen molar-refractivity contribution in [3.8, 4) is 0 Å². The maximum absolute atomic E-state index is 5.13. The van der Waals surface area contributed by atoms with Crippen LogP contribution in [0.1, 0.15) is 11.5 Å². The van der Waals surface area contributed by atoms with E-state index in [0.717, 1.165) is 11.5 Å². The first-order valence-electron chi connectivity index (χ1n) is 2.63. The summed E-state index contributed by atoms with van der Waals surface area (Å²) < 4.78 is 6.88. The Morgan fingerprint density at radius 2 is 2.12 bits per heavy atom. The normalized spacial score (nSPS) is 9.88. The van der Waals surface area contributed by atoms with Gasteiger partial charge < -0.3 is 0 Å². The van der Waals surface area contributed by atoms with Crippen molar-refractivity contribution in [1.82, 2.24) is 0 Å². The molecule has 0 aliphatic carbocycles. The number of hydrogen-bond donors (Lipinski definition) is 0. The highest BCUT2D eigenvalue weighted by atomic mass is 16.5. The number of aromatic nitrogens is 1. The Hall–Kier alpha value is -0.790. The summed E-state index contributed by atoms with van der Waals surface area (Å²) in [5.74, 6) is 0.963. The molecule has 0 spiro atoms. The molecule has 0 saturated carbocycles. The van der Waals surface area contributed by atoms with E-state index in [1.165, 1.54) is 0 Å². The van der Waals surface area contributed by atoms with Crippen molar-refractivity contribution in [3.05, 3.63) is 17.5 Å². The lowest BCUT2D eigenvalue weighted by molar-refractivity contribution is -0.850. The molecule has 0 radical (unpaired) electrons. The van der Waals surface area contributed by atoms with Crippen LogP contribution in [0.3, 0.4) is 0 Å². The molecule has 1 heterocycles. The zero-order chi connectivity index (χ0) is 6.15. The Balaban J connectivity index is 3.14. The average molecular weight is 112 g/mol. The number of rotatable bonds is 0. The fraction of sp³-hybridized carbons (Fsp3) is 0.500. The van der Waals surface area contributed by atoms with Crippen molar-refractivity contribution in [3.63, 3.8) is 0 Å². The highest BCUT2D eigenvalue weighted by Gasteiger charge is 2.04. The van der Waals surface area contributed by atoms with Crippen molar-refractivity contribution in [2.75, 3.05) is 0 Å². The first-order chi connectivity index (χ1) is 3.70. The quantitative estimate of drug-likeness (QED) is 0.452. The van der Waals surface area contributed by atoms with Crippen LogP contribution in [0.2, 0.25) is 0 Å². The van der Waals surface area contributed by atoms with Crippen molar-refractivity contribution in [2.45, 2.75) is 13.8 Å². The molecule has 0 amide bonds. The third-order valence-corrected chi connectivity index (χ3v) is 1.19. The van der Waals surface area contributed by atoms with Gasteiger partial charge in [-0.25, -0.2) is 4.52 Å². The summed E-state index contributed by atoms with van der Waals surface area (Å²) in [6.45, 7) is 3.95. The lowest BCUT2D eigenvalue weighted by Gasteiger charge is -1.72. The summed E-state index contributed by atoms with van der Waals surface area (Å²) in [4.78, 5) is 0. The molecule has 1 rings (SSSR count). The lowest BCUT2D eigenvalue weighted by atomic mass is 10.4. The van der Waals surface area contributed by atoms with Gasteiger partial charge in [0.2, 0.25) is 5.69 Å². The third-order valence-electron chi connectivity index (χ3n) is 1.19. The number of aryl methyl sites for hydroxylation is 3. The minimum absolute atomic E-state index is 0.963. The van der Waals surface area contributed by atoms with Crippen LogP contribution in [-0.4, -0.2) is 0 Å². The molecule has 0 bridgehead atoms. The van der Waals surface area contributed by atoms with Crippen LogP contribution < -0.4 is 4.74 Å². The Morgan fingerprint density at radius 1 is 1.50 bits per heavy atom. The van der Waals surface area contributed by atoms with Crippen LogP contribution in [0.15, 0.2) is 10.6 Å². The Kier molecular flexibility index (Phi) is 1.08. The van der Waals surface area contributed by atoms with Gasteiger partial charge in [-0.1, -0.05) is 0 Å². The Morgan fingerprint density at radius 3 is 2.25 bits per heavy atom. The highest BCUT2D eigenvalue weighted by Crippen LogP contribution is 1.94. The molecule has 0 atom stereocenters. The predicted octanol–water partition coefficient (Wildman–Crippen LogP) is 0.721. The van der Waals surface area contributed by atoms with Crippen molar-refractivity contribution >= 4 is 0 Å². The molecule has 0 saturated heterocycles. The first kappa shape index (κ1) is 5.35. The molecule has 0 aliphatic rings. The zero-order valence-electron chi connectivity index (χ0n) is 5.43. The van der Waals surface area contributed by atoms with Gasteiger partial charge in [-0.15, -0.1) is 0 Å². The van der Waals surface area contributed by atoms with E-state index < -0.39 is 0 Å². The maximum atomic E-state index is 5.13. The summed E-state index contributed by atoms with van der Waals surface area (Å²) in [5, 5.41) is 0. The van der Waals surface area contributed by atoms with E-state index in [9.17, 15) is 0 Å². The van der Waals surface area contributed by atoms with E-state index in [2.05, 4.69) is 0 Å². The van der Waals surface area contributed by atoms with E-state index in [1.807, 2.05) is 27.0 Å². The second-order valence-corrected chi connectivity index (χ2v) is 1.99. The van der Waals surface area contributed by atoms with Gasteiger partial charge in [0.05, 0.1) is 6.07 Å². The summed E-state index contributed by atoms with van der Waals surface area (Å²) in [5.41, 5.74) is 1.16. The molecule has 2 heteroatoms. The molecule has 0 aromatic carbocycles. The molecule has 0 unspecified atom stereocenters. The van der Waals surface area contributed by atoms with Gasteiger partial charge in [0.25, 0.3) is 0 Å². The molecule has 1 aromatic rings. The monoisotopic (exact) mass is 112 g/mol. The summed E-state index contributed by atoms with van der Waals surface area (Å²) in [7, 11) is 1.89. The molecule has 8 heavy (non-hydrogen) atoms. The third kappa shape index (κ3) is 0.735. The van der Waals surface area contributed by atoms with Crippen LogP contribution in [0.4, 0.5) is 0 Å². The maximum Gasteiger partial charge on any atom is 0.228 e. The summed E-state index contributed by atoms with van der Waals surface area (Å²) >= 11 is 0. The first-order valence-corrected chi connectivity index (χ1v) is 2.63. The summed E-state index contributed by atoms with van der Waals surface area (Å²) in [6.07, 6.45) is 0. The van der Waals surface area contributed by atoms with Crippen LogP contribution in [0.5, 0.6) is 0 Å². The second-order valence-electron chi connectivity index (χ2n) is 1.99. The van der Waals surface area contributed by atoms with Gasteiger partial charge in [0.1, 0.15) is 0 Å². The van der Waals surface area contributed by atoms with Gasteiger partial charge in [-0.3, -0.25) is 0 Å². The zero-order valence-corrected chi connectivity index (χ0v) is 5.43. The molecule has 0 fully saturated rings.